The molecule has 1 aromatic rings. The molecule has 1 N–H and O–H groups in total. The molecule has 1 aliphatic rings. The molecule has 6 heteroatoms. The van der Waals surface area contributed by atoms with E-state index in [4.69, 9.17) is 0 Å². The van der Waals surface area contributed by atoms with Gasteiger partial charge in [-0.1, -0.05) is 12.1 Å². The Hall–Kier alpha value is -1.56. The van der Waals surface area contributed by atoms with Gasteiger partial charge in [-0.05, 0) is 37.5 Å². The highest BCUT2D eigenvalue weighted by Crippen LogP contribution is 2.20. The third-order valence-electron chi connectivity index (χ3n) is 3.75. The first-order valence-corrected chi connectivity index (χ1v) is 8.87. The van der Waals surface area contributed by atoms with E-state index in [1.54, 1.807) is 0 Å². The largest absolute Gasteiger partial charge is 0.365 e. The fourth-order valence-corrected chi connectivity index (χ4v) is 4.29. The molecule has 0 aromatic heterocycles. The summed E-state index contributed by atoms with van der Waals surface area (Å²) < 4.78 is 22.8. The zero-order valence-electron chi connectivity index (χ0n) is 12.7. The Balaban J connectivity index is 1.95. The molecule has 1 fully saturated rings. The van der Waals surface area contributed by atoms with Gasteiger partial charge in [0.2, 0.25) is 5.91 Å². The Morgan fingerprint density at radius 1 is 1.38 bits per heavy atom. The first-order valence-electron chi connectivity index (χ1n) is 7.05. The molecule has 0 aliphatic carbocycles. The molecule has 5 nitrogen and oxygen atoms in total. The number of aryl methyl sites for hydroxylation is 2. The third-order valence-corrected chi connectivity index (χ3v) is 5.52. The molecule has 0 radical (unpaired) electrons. The molecule has 1 amide bonds. The van der Waals surface area contributed by atoms with Gasteiger partial charge in [0.1, 0.15) is 0 Å². The van der Waals surface area contributed by atoms with Crippen molar-refractivity contribution < 1.29 is 13.2 Å². The second-order valence-electron chi connectivity index (χ2n) is 5.81. The molecule has 1 atom stereocenters. The van der Waals surface area contributed by atoms with Gasteiger partial charge in [0.25, 0.3) is 0 Å². The van der Waals surface area contributed by atoms with Crippen molar-refractivity contribution in [3.63, 3.8) is 0 Å². The molecule has 1 heterocycles. The predicted molar refractivity (Wildman–Crippen MR) is 84.4 cm³/mol. The number of sulfone groups is 1. The molecule has 1 aromatic carbocycles. The summed E-state index contributed by atoms with van der Waals surface area (Å²) in [6, 6.07) is 5.87. The molecule has 0 saturated carbocycles. The van der Waals surface area contributed by atoms with Crippen LogP contribution in [0.25, 0.3) is 0 Å². The molecular formula is C15H22N2O3S. The SMILES string of the molecule is Cc1ccc(C)c(N(C)CC(=O)N[C@H]2CCS(=O)(=O)C2)c1. The van der Waals surface area contributed by atoms with E-state index in [1.807, 2.05) is 44.0 Å². The fourth-order valence-electron chi connectivity index (χ4n) is 2.61. The van der Waals surface area contributed by atoms with Crippen LogP contribution in [0.15, 0.2) is 18.2 Å². The maximum absolute atomic E-state index is 12.0. The minimum absolute atomic E-state index is 0.0614. The van der Waals surface area contributed by atoms with Crippen molar-refractivity contribution in [2.45, 2.75) is 26.3 Å². The van der Waals surface area contributed by atoms with Crippen molar-refractivity contribution >= 4 is 21.4 Å². The topological polar surface area (TPSA) is 66.5 Å². The Labute approximate surface area is 126 Å². The molecule has 1 aliphatic heterocycles. The van der Waals surface area contributed by atoms with Crippen LogP contribution in [0.4, 0.5) is 5.69 Å². The molecular weight excluding hydrogens is 288 g/mol. The van der Waals surface area contributed by atoms with E-state index in [0.29, 0.717) is 6.42 Å². The summed E-state index contributed by atoms with van der Waals surface area (Å²) in [5, 5.41) is 2.81. The molecule has 0 spiro atoms. The summed E-state index contributed by atoms with van der Waals surface area (Å²) in [6.07, 6.45) is 0.515. The maximum atomic E-state index is 12.0. The van der Waals surface area contributed by atoms with Gasteiger partial charge in [0.05, 0.1) is 18.1 Å². The van der Waals surface area contributed by atoms with Gasteiger partial charge in [0.15, 0.2) is 9.84 Å². The standard InChI is InChI=1S/C15H22N2O3S/c1-11-4-5-12(2)14(8-11)17(3)9-15(18)16-13-6-7-21(19,20)10-13/h4-5,8,13H,6-7,9-10H2,1-3H3,(H,16,18)/t13-/m0/s1. The van der Waals surface area contributed by atoms with Crippen molar-refractivity contribution in [2.24, 2.45) is 0 Å². The maximum Gasteiger partial charge on any atom is 0.239 e. The lowest BCUT2D eigenvalue weighted by Crippen LogP contribution is -2.41. The van der Waals surface area contributed by atoms with Crippen LogP contribution in [-0.2, 0) is 14.6 Å². The van der Waals surface area contributed by atoms with Gasteiger partial charge in [-0.25, -0.2) is 8.42 Å². The fraction of sp³-hybridized carbons (Fsp3) is 0.533. The summed E-state index contributed by atoms with van der Waals surface area (Å²) in [4.78, 5) is 13.9. The number of likely N-dealkylation sites (N-methyl/N-ethyl adjacent to an activating group) is 1. The van der Waals surface area contributed by atoms with Crippen molar-refractivity contribution in [1.29, 1.82) is 0 Å². The van der Waals surface area contributed by atoms with Crippen LogP contribution in [0.2, 0.25) is 0 Å². The minimum atomic E-state index is -2.96. The number of amides is 1. The van der Waals surface area contributed by atoms with Gasteiger partial charge >= 0.3 is 0 Å². The van der Waals surface area contributed by atoms with Crippen LogP contribution in [0.5, 0.6) is 0 Å². The van der Waals surface area contributed by atoms with Crippen molar-refractivity contribution in [1.82, 2.24) is 5.32 Å². The smallest absolute Gasteiger partial charge is 0.239 e. The van der Waals surface area contributed by atoms with E-state index >= 15 is 0 Å². The summed E-state index contributed by atoms with van der Waals surface area (Å²) in [7, 11) is -1.09. The van der Waals surface area contributed by atoms with Crippen LogP contribution >= 0.6 is 0 Å². The first kappa shape index (κ1) is 15.8. The van der Waals surface area contributed by atoms with Crippen LogP contribution in [0, 0.1) is 13.8 Å². The van der Waals surface area contributed by atoms with Crippen molar-refractivity contribution in [3.8, 4) is 0 Å². The second kappa shape index (κ2) is 6.05. The van der Waals surface area contributed by atoms with E-state index in [0.717, 1.165) is 16.8 Å². The highest BCUT2D eigenvalue weighted by atomic mass is 32.2. The lowest BCUT2D eigenvalue weighted by Gasteiger charge is -2.22. The second-order valence-corrected chi connectivity index (χ2v) is 8.04. The Kier molecular flexibility index (Phi) is 4.56. The zero-order chi connectivity index (χ0) is 15.6. The van der Waals surface area contributed by atoms with Crippen LogP contribution in [-0.4, -0.2) is 45.5 Å². The van der Waals surface area contributed by atoms with Crippen LogP contribution in [0.1, 0.15) is 17.5 Å². The van der Waals surface area contributed by atoms with Gasteiger partial charge in [0, 0.05) is 18.8 Å². The van der Waals surface area contributed by atoms with Gasteiger partial charge in [-0.3, -0.25) is 4.79 Å². The van der Waals surface area contributed by atoms with Gasteiger partial charge in [-0.2, -0.15) is 0 Å². The van der Waals surface area contributed by atoms with E-state index in [2.05, 4.69) is 5.32 Å². The molecule has 21 heavy (non-hydrogen) atoms. The molecule has 0 unspecified atom stereocenters. The zero-order valence-corrected chi connectivity index (χ0v) is 13.5. The van der Waals surface area contributed by atoms with Crippen molar-refractivity contribution in [3.05, 3.63) is 29.3 Å². The Morgan fingerprint density at radius 3 is 2.71 bits per heavy atom. The molecule has 116 valence electrons. The molecule has 0 bridgehead atoms. The van der Waals surface area contributed by atoms with Crippen molar-refractivity contribution in [2.75, 3.05) is 30.0 Å². The van der Waals surface area contributed by atoms with E-state index in [1.165, 1.54) is 0 Å². The van der Waals surface area contributed by atoms with E-state index in [-0.39, 0.29) is 30.0 Å². The highest BCUT2D eigenvalue weighted by Gasteiger charge is 2.29. The number of rotatable bonds is 4. The number of carbonyl (C=O) groups excluding carboxylic acids is 1. The summed E-state index contributed by atoms with van der Waals surface area (Å²) in [5.74, 6) is 0.0944. The average molecular weight is 310 g/mol. The van der Waals surface area contributed by atoms with E-state index in [9.17, 15) is 13.2 Å². The lowest BCUT2D eigenvalue weighted by molar-refractivity contribution is -0.120. The lowest BCUT2D eigenvalue weighted by atomic mass is 10.1. The number of hydrogen-bond acceptors (Lipinski definition) is 4. The summed E-state index contributed by atoms with van der Waals surface area (Å²) >= 11 is 0. The number of nitrogens with one attached hydrogen (secondary N) is 1. The number of anilines is 1. The highest BCUT2D eigenvalue weighted by molar-refractivity contribution is 7.91. The Morgan fingerprint density at radius 2 is 2.10 bits per heavy atom. The minimum Gasteiger partial charge on any atom is -0.365 e. The monoisotopic (exact) mass is 310 g/mol. The number of benzene rings is 1. The predicted octanol–water partition coefficient (Wildman–Crippen LogP) is 1.04. The third kappa shape index (κ3) is 4.20. The summed E-state index contributed by atoms with van der Waals surface area (Å²) in [6.45, 7) is 4.24. The normalized spacial score (nSPS) is 20.2. The van der Waals surface area contributed by atoms with Crippen LogP contribution in [0.3, 0.4) is 0 Å². The number of hydrogen-bond donors (Lipinski definition) is 1. The summed E-state index contributed by atoms with van der Waals surface area (Å²) in [5.41, 5.74) is 3.27. The Bertz CT molecular complexity index is 640. The van der Waals surface area contributed by atoms with Gasteiger partial charge < -0.3 is 10.2 Å². The first-order chi connectivity index (χ1) is 9.77. The number of nitrogens with zero attached hydrogens (tertiary/aromatic N) is 1. The molecule has 1 saturated heterocycles. The van der Waals surface area contributed by atoms with Gasteiger partial charge in [-0.15, -0.1) is 0 Å². The number of carbonyl (C=O) groups is 1. The van der Waals surface area contributed by atoms with Crippen LogP contribution < -0.4 is 10.2 Å². The quantitative estimate of drug-likeness (QED) is 0.902. The average Bonchev–Trinajstić information content (AvgIpc) is 2.71. The molecule has 2 rings (SSSR count). The van der Waals surface area contributed by atoms with E-state index < -0.39 is 9.84 Å².